The second-order valence-electron chi connectivity index (χ2n) is 5.29. The van der Waals surface area contributed by atoms with Crippen molar-refractivity contribution in [1.29, 1.82) is 0 Å². The van der Waals surface area contributed by atoms with Crippen molar-refractivity contribution in [2.45, 2.75) is 12.7 Å². The summed E-state index contributed by atoms with van der Waals surface area (Å²) in [4.78, 5) is 11.9. The van der Waals surface area contributed by atoms with Gasteiger partial charge in [-0.15, -0.1) is 11.6 Å². The topological polar surface area (TPSA) is 67.8 Å². The molecule has 0 amide bonds. The number of carbonyl (C=O) groups excluding carboxylic acids is 1. The fraction of sp³-hybridized carbons (Fsp3) is 0.278. The van der Waals surface area contributed by atoms with Gasteiger partial charge in [-0.2, -0.15) is 0 Å². The number of aliphatic hydroxyl groups is 1. The van der Waals surface area contributed by atoms with Crippen molar-refractivity contribution in [1.82, 2.24) is 0 Å². The fourth-order valence-corrected chi connectivity index (χ4v) is 3.01. The van der Waals surface area contributed by atoms with Crippen LogP contribution in [0.1, 0.15) is 15.9 Å². The summed E-state index contributed by atoms with van der Waals surface area (Å²) in [6.45, 7) is 0.632. The second kappa shape index (κ2) is 9.84. The Kier molecular flexibility index (Phi) is 7.80. The number of halogens is 2. The highest BCUT2D eigenvalue weighted by Crippen LogP contribution is 2.32. The minimum atomic E-state index is -0.681. The second-order valence-corrected chi connectivity index (χ2v) is 6.76. The molecule has 0 saturated heterocycles. The zero-order chi connectivity index (χ0) is 18.2. The number of ether oxygens (including phenoxy) is 2. The van der Waals surface area contributed by atoms with Gasteiger partial charge in [0, 0.05) is 10.1 Å². The lowest BCUT2D eigenvalue weighted by Gasteiger charge is -2.17. The van der Waals surface area contributed by atoms with Crippen molar-refractivity contribution in [2.75, 3.05) is 24.9 Å². The molecule has 0 aliphatic rings. The van der Waals surface area contributed by atoms with Crippen molar-refractivity contribution < 1.29 is 19.4 Å². The molecule has 0 aliphatic carbocycles. The molecule has 0 aromatic heterocycles. The Bertz CT molecular complexity index is 712. The van der Waals surface area contributed by atoms with Crippen LogP contribution >= 0.6 is 34.2 Å². The van der Waals surface area contributed by atoms with Gasteiger partial charge >= 0.3 is 5.97 Å². The maximum Gasteiger partial charge on any atom is 0.338 e. The zero-order valence-corrected chi connectivity index (χ0v) is 16.6. The van der Waals surface area contributed by atoms with Crippen LogP contribution in [0.25, 0.3) is 0 Å². The molecule has 7 heteroatoms. The minimum Gasteiger partial charge on any atom is -0.487 e. The van der Waals surface area contributed by atoms with Crippen LogP contribution in [0.5, 0.6) is 5.75 Å². The summed E-state index contributed by atoms with van der Waals surface area (Å²) in [7, 11) is 1.34. The molecule has 2 aromatic rings. The molecule has 2 aromatic carbocycles. The first-order valence-corrected chi connectivity index (χ1v) is 9.23. The molecule has 0 aliphatic heterocycles. The number of carbonyl (C=O) groups is 1. The van der Waals surface area contributed by atoms with E-state index in [-0.39, 0.29) is 12.4 Å². The number of methoxy groups -OCH3 is 1. The summed E-state index contributed by atoms with van der Waals surface area (Å²) in [5.74, 6) is 0.206. The number of aliphatic hydroxyl groups excluding tert-OH is 1. The highest BCUT2D eigenvalue weighted by atomic mass is 127. The van der Waals surface area contributed by atoms with E-state index < -0.39 is 12.1 Å². The van der Waals surface area contributed by atoms with E-state index in [2.05, 4.69) is 27.9 Å². The quantitative estimate of drug-likeness (QED) is 0.346. The first-order chi connectivity index (χ1) is 12.0. The lowest BCUT2D eigenvalue weighted by atomic mass is 10.1. The van der Waals surface area contributed by atoms with Gasteiger partial charge in [-0.1, -0.05) is 30.3 Å². The van der Waals surface area contributed by atoms with Gasteiger partial charge in [0.15, 0.2) is 0 Å². The van der Waals surface area contributed by atoms with E-state index >= 15 is 0 Å². The van der Waals surface area contributed by atoms with Gasteiger partial charge in [-0.3, -0.25) is 0 Å². The minimum absolute atomic E-state index is 0.129. The Morgan fingerprint density at radius 1 is 1.32 bits per heavy atom. The first kappa shape index (κ1) is 19.8. The van der Waals surface area contributed by atoms with E-state index in [1.165, 1.54) is 7.11 Å². The highest BCUT2D eigenvalue weighted by Gasteiger charge is 2.16. The highest BCUT2D eigenvalue weighted by molar-refractivity contribution is 14.1. The number of nitrogens with one attached hydrogen (secondary N) is 1. The number of hydrogen-bond acceptors (Lipinski definition) is 5. The van der Waals surface area contributed by atoms with Crippen LogP contribution < -0.4 is 10.1 Å². The summed E-state index contributed by atoms with van der Waals surface area (Å²) in [5.41, 5.74) is 2.11. The number of anilines is 1. The Morgan fingerprint density at radius 2 is 2.04 bits per heavy atom. The van der Waals surface area contributed by atoms with E-state index in [1.54, 1.807) is 12.1 Å². The molecule has 0 heterocycles. The summed E-state index contributed by atoms with van der Waals surface area (Å²) >= 11 is 7.75. The van der Waals surface area contributed by atoms with Crippen molar-refractivity contribution >= 4 is 45.8 Å². The molecular weight excluding hydrogens is 457 g/mol. The molecule has 0 fully saturated rings. The molecule has 0 spiro atoms. The average molecular weight is 476 g/mol. The third kappa shape index (κ3) is 5.76. The van der Waals surface area contributed by atoms with Gasteiger partial charge in [0.05, 0.1) is 30.3 Å². The number of alkyl halides is 1. The SMILES string of the molecule is COC(=O)c1cc(I)c(NCC(O)CCl)c(OCc2ccccc2)c1. The van der Waals surface area contributed by atoms with Gasteiger partial charge < -0.3 is 19.9 Å². The Morgan fingerprint density at radius 3 is 2.68 bits per heavy atom. The van der Waals surface area contributed by atoms with Gasteiger partial charge in [-0.05, 0) is 40.3 Å². The fourth-order valence-electron chi connectivity index (χ4n) is 2.11. The molecule has 0 radical (unpaired) electrons. The van der Waals surface area contributed by atoms with E-state index in [1.807, 2.05) is 30.3 Å². The summed E-state index contributed by atoms with van der Waals surface area (Å²) in [6.07, 6.45) is -0.681. The molecular formula is C18H19ClINO4. The van der Waals surface area contributed by atoms with Crippen LogP contribution in [-0.4, -0.2) is 36.7 Å². The van der Waals surface area contributed by atoms with Gasteiger partial charge in [-0.25, -0.2) is 4.79 Å². The van der Waals surface area contributed by atoms with Crippen LogP contribution in [0.4, 0.5) is 5.69 Å². The van der Waals surface area contributed by atoms with E-state index in [0.29, 0.717) is 23.6 Å². The van der Waals surface area contributed by atoms with Crippen LogP contribution in [0.15, 0.2) is 42.5 Å². The van der Waals surface area contributed by atoms with Crippen molar-refractivity contribution in [3.05, 3.63) is 57.2 Å². The van der Waals surface area contributed by atoms with Gasteiger partial charge in [0.2, 0.25) is 0 Å². The van der Waals surface area contributed by atoms with Crippen LogP contribution in [0.2, 0.25) is 0 Å². The maximum absolute atomic E-state index is 11.9. The monoisotopic (exact) mass is 475 g/mol. The lowest BCUT2D eigenvalue weighted by Crippen LogP contribution is -2.21. The predicted molar refractivity (Wildman–Crippen MR) is 106 cm³/mol. The first-order valence-electron chi connectivity index (χ1n) is 7.61. The third-order valence-corrected chi connectivity index (χ3v) is 4.61. The van der Waals surface area contributed by atoms with Crippen molar-refractivity contribution in [2.24, 2.45) is 0 Å². The smallest absolute Gasteiger partial charge is 0.338 e. The standard InChI is InChI=1S/C18H19ClINO4/c1-24-18(23)13-7-15(20)17(21-10-14(22)9-19)16(8-13)25-11-12-5-3-2-4-6-12/h2-8,14,21-22H,9-11H2,1H3. The molecule has 5 nitrogen and oxygen atoms in total. The van der Waals surface area contributed by atoms with Crippen LogP contribution in [0.3, 0.4) is 0 Å². The summed E-state index contributed by atoms with van der Waals surface area (Å²) in [5, 5.41) is 12.8. The van der Waals surface area contributed by atoms with Crippen molar-refractivity contribution in [3.8, 4) is 5.75 Å². The average Bonchev–Trinajstić information content (AvgIpc) is 2.65. The molecule has 134 valence electrons. The van der Waals surface area contributed by atoms with Crippen LogP contribution in [-0.2, 0) is 11.3 Å². The molecule has 2 rings (SSSR count). The Labute approximate surface area is 165 Å². The maximum atomic E-state index is 11.9. The molecule has 1 atom stereocenters. The van der Waals surface area contributed by atoms with E-state index in [4.69, 9.17) is 21.1 Å². The lowest BCUT2D eigenvalue weighted by molar-refractivity contribution is 0.0600. The summed E-state index contributed by atoms with van der Waals surface area (Å²) in [6, 6.07) is 13.1. The summed E-state index contributed by atoms with van der Waals surface area (Å²) < 4.78 is 11.5. The molecule has 0 saturated carbocycles. The number of hydrogen-bond donors (Lipinski definition) is 2. The molecule has 25 heavy (non-hydrogen) atoms. The van der Waals surface area contributed by atoms with E-state index in [0.717, 1.165) is 9.13 Å². The molecule has 1 unspecified atom stereocenters. The third-order valence-electron chi connectivity index (χ3n) is 3.40. The Balaban J connectivity index is 2.27. The van der Waals surface area contributed by atoms with Crippen LogP contribution in [0, 0.1) is 3.57 Å². The number of esters is 1. The molecule has 2 N–H and O–H groups in total. The van der Waals surface area contributed by atoms with Gasteiger partial charge in [0.25, 0.3) is 0 Å². The normalized spacial score (nSPS) is 11.7. The van der Waals surface area contributed by atoms with Crippen molar-refractivity contribution in [3.63, 3.8) is 0 Å². The van der Waals surface area contributed by atoms with Gasteiger partial charge in [0.1, 0.15) is 12.4 Å². The zero-order valence-electron chi connectivity index (χ0n) is 13.7. The largest absolute Gasteiger partial charge is 0.487 e. The number of rotatable bonds is 8. The van der Waals surface area contributed by atoms with E-state index in [9.17, 15) is 9.90 Å². The molecule has 0 bridgehead atoms. The predicted octanol–water partition coefficient (Wildman–Crippen LogP) is 3.67. The Hall–Kier alpha value is -1.51. The number of benzene rings is 2.